The molecule has 2 saturated heterocycles. The lowest BCUT2D eigenvalue weighted by atomic mass is 10.0. The Morgan fingerprint density at radius 2 is 2.00 bits per heavy atom. The molecule has 0 bridgehead atoms. The number of benzene rings is 1. The van der Waals surface area contributed by atoms with Gasteiger partial charge in [0.05, 0.1) is 7.11 Å². The van der Waals surface area contributed by atoms with Gasteiger partial charge in [-0.3, -0.25) is 4.90 Å². The van der Waals surface area contributed by atoms with Crippen molar-refractivity contribution >= 4 is 5.69 Å². The first-order valence-electron chi connectivity index (χ1n) is 7.46. The number of hydrogen-bond donors (Lipinski definition) is 0. The van der Waals surface area contributed by atoms with Crippen LogP contribution in [0.2, 0.25) is 0 Å². The highest BCUT2D eigenvalue weighted by atomic mass is 16.5. The molecule has 2 aliphatic rings. The SMILES string of the molecule is CCC1CN2CCCC2CN1c1ccc(OC)cc1. The molecule has 3 rings (SSSR count). The summed E-state index contributed by atoms with van der Waals surface area (Å²) in [7, 11) is 1.72. The molecule has 19 heavy (non-hydrogen) atoms. The molecule has 0 aliphatic carbocycles. The lowest BCUT2D eigenvalue weighted by molar-refractivity contribution is 0.194. The van der Waals surface area contributed by atoms with Gasteiger partial charge >= 0.3 is 0 Å². The largest absolute Gasteiger partial charge is 0.497 e. The summed E-state index contributed by atoms with van der Waals surface area (Å²) < 4.78 is 5.25. The molecule has 0 radical (unpaired) electrons. The Balaban J connectivity index is 1.80. The summed E-state index contributed by atoms with van der Waals surface area (Å²) in [5.41, 5.74) is 1.35. The molecular weight excluding hydrogens is 236 g/mol. The van der Waals surface area contributed by atoms with Crippen molar-refractivity contribution in [2.45, 2.75) is 38.3 Å². The van der Waals surface area contributed by atoms with Crippen molar-refractivity contribution < 1.29 is 4.74 Å². The van der Waals surface area contributed by atoms with Gasteiger partial charge in [0.25, 0.3) is 0 Å². The normalized spacial score (nSPS) is 27.4. The minimum Gasteiger partial charge on any atom is -0.497 e. The Bertz CT molecular complexity index is 417. The van der Waals surface area contributed by atoms with E-state index >= 15 is 0 Å². The smallest absolute Gasteiger partial charge is 0.119 e. The van der Waals surface area contributed by atoms with Crippen molar-refractivity contribution in [1.29, 1.82) is 0 Å². The zero-order valence-electron chi connectivity index (χ0n) is 12.0. The fourth-order valence-electron chi connectivity index (χ4n) is 3.53. The van der Waals surface area contributed by atoms with Crippen LogP contribution in [0.1, 0.15) is 26.2 Å². The number of methoxy groups -OCH3 is 1. The highest BCUT2D eigenvalue weighted by Gasteiger charge is 2.35. The molecule has 0 saturated carbocycles. The summed E-state index contributed by atoms with van der Waals surface area (Å²) >= 11 is 0. The molecule has 104 valence electrons. The van der Waals surface area contributed by atoms with Crippen LogP contribution in [0.25, 0.3) is 0 Å². The maximum atomic E-state index is 5.25. The average Bonchev–Trinajstić information content (AvgIpc) is 2.93. The molecule has 0 amide bonds. The molecule has 2 atom stereocenters. The van der Waals surface area contributed by atoms with Gasteiger partial charge in [-0.05, 0) is 50.1 Å². The standard InChI is InChI=1S/C16H24N2O/c1-3-13-11-17-10-4-5-15(17)12-18(13)14-6-8-16(19-2)9-7-14/h6-9,13,15H,3-5,10-12H2,1-2H3. The van der Waals surface area contributed by atoms with Gasteiger partial charge in [0, 0.05) is 30.9 Å². The van der Waals surface area contributed by atoms with Gasteiger partial charge in [-0.25, -0.2) is 0 Å². The van der Waals surface area contributed by atoms with Crippen molar-refractivity contribution in [2.75, 3.05) is 31.6 Å². The van der Waals surface area contributed by atoms with E-state index in [-0.39, 0.29) is 0 Å². The monoisotopic (exact) mass is 260 g/mol. The van der Waals surface area contributed by atoms with Gasteiger partial charge in [0.15, 0.2) is 0 Å². The van der Waals surface area contributed by atoms with E-state index in [1.165, 1.54) is 44.6 Å². The molecule has 2 fully saturated rings. The summed E-state index contributed by atoms with van der Waals surface area (Å²) in [5, 5.41) is 0. The first-order valence-corrected chi connectivity index (χ1v) is 7.46. The lowest BCUT2D eigenvalue weighted by Crippen LogP contribution is -2.56. The van der Waals surface area contributed by atoms with E-state index in [0.717, 1.165) is 11.8 Å². The summed E-state index contributed by atoms with van der Waals surface area (Å²) in [5.74, 6) is 0.941. The molecule has 1 aromatic rings. The van der Waals surface area contributed by atoms with Crippen LogP contribution in [-0.4, -0.2) is 43.7 Å². The van der Waals surface area contributed by atoms with Crippen molar-refractivity contribution in [3.05, 3.63) is 24.3 Å². The molecule has 2 aliphatic heterocycles. The van der Waals surface area contributed by atoms with E-state index in [9.17, 15) is 0 Å². The van der Waals surface area contributed by atoms with Crippen molar-refractivity contribution in [3.63, 3.8) is 0 Å². The number of anilines is 1. The highest BCUT2D eigenvalue weighted by molar-refractivity contribution is 5.50. The molecule has 0 aromatic heterocycles. The van der Waals surface area contributed by atoms with E-state index in [0.29, 0.717) is 6.04 Å². The number of piperazine rings is 1. The number of rotatable bonds is 3. The molecule has 0 spiro atoms. The third-order valence-electron chi connectivity index (χ3n) is 4.67. The average molecular weight is 260 g/mol. The van der Waals surface area contributed by atoms with Crippen LogP contribution < -0.4 is 9.64 Å². The van der Waals surface area contributed by atoms with Gasteiger partial charge in [-0.15, -0.1) is 0 Å². The molecule has 2 unspecified atom stereocenters. The van der Waals surface area contributed by atoms with Crippen LogP contribution in [0.3, 0.4) is 0 Å². The van der Waals surface area contributed by atoms with Crippen LogP contribution in [0.5, 0.6) is 5.75 Å². The number of hydrogen-bond acceptors (Lipinski definition) is 3. The Morgan fingerprint density at radius 3 is 2.68 bits per heavy atom. The Morgan fingerprint density at radius 1 is 1.21 bits per heavy atom. The van der Waals surface area contributed by atoms with Gasteiger partial charge in [-0.1, -0.05) is 6.92 Å². The molecular formula is C16H24N2O. The Labute approximate surface area is 116 Å². The van der Waals surface area contributed by atoms with Gasteiger partial charge < -0.3 is 9.64 Å². The van der Waals surface area contributed by atoms with E-state index in [4.69, 9.17) is 4.74 Å². The minimum atomic E-state index is 0.655. The van der Waals surface area contributed by atoms with Gasteiger partial charge in [0.2, 0.25) is 0 Å². The number of fused-ring (bicyclic) bond motifs is 1. The van der Waals surface area contributed by atoms with E-state index in [1.54, 1.807) is 7.11 Å². The summed E-state index contributed by atoms with van der Waals surface area (Å²) in [4.78, 5) is 5.29. The second-order valence-corrected chi connectivity index (χ2v) is 5.70. The maximum Gasteiger partial charge on any atom is 0.119 e. The van der Waals surface area contributed by atoms with E-state index in [2.05, 4.69) is 41.0 Å². The number of nitrogens with zero attached hydrogens (tertiary/aromatic N) is 2. The van der Waals surface area contributed by atoms with Crippen LogP contribution in [-0.2, 0) is 0 Å². The molecule has 2 heterocycles. The number of ether oxygens (including phenoxy) is 1. The highest BCUT2D eigenvalue weighted by Crippen LogP contribution is 2.30. The molecule has 1 aromatic carbocycles. The van der Waals surface area contributed by atoms with Crippen molar-refractivity contribution in [3.8, 4) is 5.75 Å². The quantitative estimate of drug-likeness (QED) is 0.831. The molecule has 3 nitrogen and oxygen atoms in total. The van der Waals surface area contributed by atoms with Crippen molar-refractivity contribution in [1.82, 2.24) is 4.90 Å². The van der Waals surface area contributed by atoms with Gasteiger partial charge in [-0.2, -0.15) is 0 Å². The van der Waals surface area contributed by atoms with Crippen LogP contribution >= 0.6 is 0 Å². The zero-order valence-corrected chi connectivity index (χ0v) is 12.0. The summed E-state index contributed by atoms with van der Waals surface area (Å²) in [6, 6.07) is 9.97. The summed E-state index contributed by atoms with van der Waals surface area (Å²) in [6.45, 7) is 6.02. The Hall–Kier alpha value is -1.22. The molecule has 0 N–H and O–H groups in total. The lowest BCUT2D eigenvalue weighted by Gasteiger charge is -2.45. The topological polar surface area (TPSA) is 15.7 Å². The fraction of sp³-hybridized carbons (Fsp3) is 0.625. The van der Waals surface area contributed by atoms with Crippen molar-refractivity contribution in [2.24, 2.45) is 0 Å². The Kier molecular flexibility index (Phi) is 3.65. The second kappa shape index (κ2) is 5.41. The van der Waals surface area contributed by atoms with E-state index < -0.39 is 0 Å². The maximum absolute atomic E-state index is 5.25. The van der Waals surface area contributed by atoms with Crippen LogP contribution in [0, 0.1) is 0 Å². The van der Waals surface area contributed by atoms with Gasteiger partial charge in [0.1, 0.15) is 5.75 Å². The first kappa shape index (κ1) is 12.8. The van der Waals surface area contributed by atoms with Crippen LogP contribution in [0.4, 0.5) is 5.69 Å². The second-order valence-electron chi connectivity index (χ2n) is 5.70. The molecule has 3 heteroatoms. The summed E-state index contributed by atoms with van der Waals surface area (Å²) in [6.07, 6.45) is 3.95. The fourth-order valence-corrected chi connectivity index (χ4v) is 3.53. The predicted molar refractivity (Wildman–Crippen MR) is 79.0 cm³/mol. The minimum absolute atomic E-state index is 0.655. The van der Waals surface area contributed by atoms with E-state index in [1.807, 2.05) is 0 Å². The van der Waals surface area contributed by atoms with Crippen LogP contribution in [0.15, 0.2) is 24.3 Å². The first-order chi connectivity index (χ1) is 9.31. The zero-order chi connectivity index (χ0) is 13.2. The predicted octanol–water partition coefficient (Wildman–Crippen LogP) is 2.76. The third-order valence-corrected chi connectivity index (χ3v) is 4.67. The third kappa shape index (κ3) is 2.44.